The Hall–Kier alpha value is -3.78. The molecule has 0 aliphatic carbocycles. The number of anilines is 2. The van der Waals surface area contributed by atoms with Crippen molar-refractivity contribution in [2.75, 3.05) is 64.3 Å². The van der Waals surface area contributed by atoms with Crippen molar-refractivity contribution in [2.24, 2.45) is 0 Å². The van der Waals surface area contributed by atoms with E-state index in [2.05, 4.69) is 15.6 Å². The molecule has 0 spiro atoms. The molecule has 12 nitrogen and oxygen atoms in total. The predicted octanol–water partition coefficient (Wildman–Crippen LogP) is 6.12. The first kappa shape index (κ1) is 38.7. The van der Waals surface area contributed by atoms with E-state index in [1.54, 1.807) is 85.2 Å². The number of halogens is 4. The first-order valence-corrected chi connectivity index (χ1v) is 15.6. The van der Waals surface area contributed by atoms with Gasteiger partial charge in [0.2, 0.25) is 5.91 Å². The lowest BCUT2D eigenvalue weighted by atomic mass is 10.1. The summed E-state index contributed by atoms with van der Waals surface area (Å²) in [4.78, 5) is 46.2. The van der Waals surface area contributed by atoms with Crippen LogP contribution in [0.15, 0.2) is 54.7 Å². The molecule has 2 heterocycles. The fraction of sp³-hybridized carbons (Fsp3) is 0.312. The lowest BCUT2D eigenvalue weighted by Gasteiger charge is -2.22. The third kappa shape index (κ3) is 9.43. The number of aromatic nitrogens is 2. The Morgan fingerprint density at radius 3 is 2.38 bits per heavy atom. The molecule has 0 aliphatic rings. The molecule has 4 aromatic rings. The van der Waals surface area contributed by atoms with Gasteiger partial charge in [-0.2, -0.15) is 0 Å². The van der Waals surface area contributed by atoms with Crippen LogP contribution in [0, 0.1) is 6.92 Å². The van der Waals surface area contributed by atoms with E-state index < -0.39 is 11.9 Å². The summed E-state index contributed by atoms with van der Waals surface area (Å²) in [5, 5.41) is 6.25. The number of carbonyl (C=O) groups excluding carboxylic acids is 3. The number of hydrogen-bond acceptors (Lipinski definition) is 7. The quantitative estimate of drug-likeness (QED) is 0.159. The fourth-order valence-corrected chi connectivity index (χ4v) is 5.37. The number of likely N-dealkylation sites (N-methyl/N-ethyl adjacent to an activating group) is 1. The Bertz CT molecular complexity index is 1750. The van der Waals surface area contributed by atoms with Crippen LogP contribution in [0.2, 0.25) is 15.2 Å². The molecule has 4 rings (SSSR count). The van der Waals surface area contributed by atoms with Crippen LogP contribution in [0.4, 0.5) is 16.2 Å². The highest BCUT2D eigenvalue weighted by Gasteiger charge is 2.21. The third-order valence-electron chi connectivity index (χ3n) is 7.17. The molecule has 0 fully saturated rings. The van der Waals surface area contributed by atoms with Crippen LogP contribution in [0.1, 0.15) is 21.6 Å². The van der Waals surface area contributed by atoms with Gasteiger partial charge in [-0.05, 0) is 49.4 Å². The average Bonchev–Trinajstić information content (AvgIpc) is 3.36. The van der Waals surface area contributed by atoms with Crippen LogP contribution in [0.3, 0.4) is 0 Å². The maximum Gasteiger partial charge on any atom is 0.319 e. The molecule has 0 bridgehead atoms. The normalized spacial score (nSPS) is 10.7. The Morgan fingerprint density at radius 2 is 1.69 bits per heavy atom. The van der Waals surface area contributed by atoms with Crippen LogP contribution in [0.5, 0.6) is 5.75 Å². The number of benzene rings is 2. The number of rotatable bonds is 14. The Kier molecular flexibility index (Phi) is 14.6. The first-order chi connectivity index (χ1) is 22.5. The monoisotopic (exact) mass is 740 g/mol. The minimum absolute atomic E-state index is 0. The van der Waals surface area contributed by atoms with Crippen molar-refractivity contribution >= 4 is 82.1 Å². The van der Waals surface area contributed by atoms with E-state index in [-0.39, 0.29) is 36.5 Å². The number of nitrogens with zero attached hydrogens (tertiary/aromatic N) is 4. The molecule has 2 aromatic heterocycles. The van der Waals surface area contributed by atoms with Crippen molar-refractivity contribution in [3.63, 3.8) is 0 Å². The van der Waals surface area contributed by atoms with E-state index in [1.165, 1.54) is 11.9 Å². The number of carbonyl (C=O) groups is 3. The highest BCUT2D eigenvalue weighted by atomic mass is 35.5. The second-order valence-electron chi connectivity index (χ2n) is 10.3. The molecule has 0 saturated carbocycles. The molecule has 0 unspecified atom stereocenters. The smallest absolute Gasteiger partial charge is 0.319 e. The topological polar surface area (TPSA) is 127 Å². The van der Waals surface area contributed by atoms with Crippen LogP contribution in [-0.2, 0) is 20.9 Å². The number of hydrogen-bond donors (Lipinski definition) is 2. The van der Waals surface area contributed by atoms with E-state index in [9.17, 15) is 14.4 Å². The van der Waals surface area contributed by atoms with Crippen molar-refractivity contribution in [3.05, 3.63) is 86.7 Å². The number of urea groups is 1. The maximum atomic E-state index is 13.1. The van der Waals surface area contributed by atoms with Gasteiger partial charge < -0.3 is 34.6 Å². The molecular formula is C32H36Cl4N6O6. The van der Waals surface area contributed by atoms with E-state index in [0.717, 1.165) is 0 Å². The van der Waals surface area contributed by atoms with Gasteiger partial charge in [-0.3, -0.25) is 14.0 Å². The van der Waals surface area contributed by atoms with Crippen molar-refractivity contribution in [2.45, 2.75) is 13.5 Å². The largest absolute Gasteiger partial charge is 0.485 e. The van der Waals surface area contributed by atoms with Gasteiger partial charge in [0.25, 0.3) is 5.91 Å². The average molecular weight is 742 g/mol. The Morgan fingerprint density at radius 1 is 0.979 bits per heavy atom. The minimum Gasteiger partial charge on any atom is -0.485 e. The van der Waals surface area contributed by atoms with Gasteiger partial charge in [-0.15, -0.1) is 12.4 Å². The van der Waals surface area contributed by atoms with Gasteiger partial charge in [0.05, 0.1) is 36.2 Å². The Balaban J connectivity index is 0.00000625. The van der Waals surface area contributed by atoms with Crippen LogP contribution >= 0.6 is 47.2 Å². The van der Waals surface area contributed by atoms with Crippen molar-refractivity contribution in [3.8, 4) is 5.75 Å². The van der Waals surface area contributed by atoms with E-state index in [0.29, 0.717) is 76.1 Å². The summed E-state index contributed by atoms with van der Waals surface area (Å²) in [6.07, 6.45) is 1.78. The summed E-state index contributed by atoms with van der Waals surface area (Å²) in [6.45, 7) is 2.96. The van der Waals surface area contributed by atoms with E-state index in [4.69, 9.17) is 49.0 Å². The van der Waals surface area contributed by atoms with Crippen molar-refractivity contribution in [1.29, 1.82) is 0 Å². The molecule has 258 valence electrons. The highest BCUT2D eigenvalue weighted by molar-refractivity contribution is 6.38. The van der Waals surface area contributed by atoms with Crippen LogP contribution < -0.4 is 20.3 Å². The summed E-state index contributed by atoms with van der Waals surface area (Å²) in [5.41, 5.74) is 2.79. The minimum atomic E-state index is -0.633. The molecule has 0 atom stereocenters. The number of amides is 4. The number of imidazole rings is 1. The fourth-order valence-electron chi connectivity index (χ4n) is 4.58. The summed E-state index contributed by atoms with van der Waals surface area (Å²) in [6, 6.07) is 12.6. The summed E-state index contributed by atoms with van der Waals surface area (Å²) >= 11 is 19.5. The zero-order chi connectivity index (χ0) is 34.1. The number of methoxy groups -OCH3 is 2. The second kappa shape index (κ2) is 18.1. The molecule has 2 N–H and O–H groups in total. The van der Waals surface area contributed by atoms with Gasteiger partial charge in [-0.25, -0.2) is 9.78 Å². The third-order valence-corrected chi connectivity index (χ3v) is 8.40. The van der Waals surface area contributed by atoms with Gasteiger partial charge in [0.1, 0.15) is 11.8 Å². The molecule has 0 radical (unpaired) electrons. The van der Waals surface area contributed by atoms with Crippen molar-refractivity contribution in [1.82, 2.24) is 19.6 Å². The lowest BCUT2D eigenvalue weighted by Crippen LogP contribution is -2.40. The number of ether oxygens (including phenoxy) is 3. The molecule has 0 aliphatic heterocycles. The summed E-state index contributed by atoms with van der Waals surface area (Å²) in [5.74, 6) is -0.203. The predicted molar refractivity (Wildman–Crippen MR) is 190 cm³/mol. The van der Waals surface area contributed by atoms with Gasteiger partial charge >= 0.3 is 6.03 Å². The maximum absolute atomic E-state index is 13.1. The molecule has 16 heteroatoms. The second-order valence-corrected chi connectivity index (χ2v) is 11.5. The Labute approximate surface area is 299 Å². The van der Waals surface area contributed by atoms with Crippen molar-refractivity contribution < 1.29 is 28.6 Å². The molecule has 0 saturated heterocycles. The summed E-state index contributed by atoms with van der Waals surface area (Å²) < 4.78 is 18.0. The molecule has 2 aromatic carbocycles. The van der Waals surface area contributed by atoms with E-state index >= 15 is 0 Å². The highest BCUT2D eigenvalue weighted by Crippen LogP contribution is 2.35. The van der Waals surface area contributed by atoms with Gasteiger partial charge in [0, 0.05) is 62.4 Å². The SMILES string of the molecule is COCCN(CCOC)C(=O)c1cccc(NC(=O)NCC(=O)N(C)c2ccc(Cl)c(COc3cccn4c(Cl)c(C)nc34)c2Cl)c1.Cl. The van der Waals surface area contributed by atoms with E-state index in [1.807, 2.05) is 0 Å². The lowest BCUT2D eigenvalue weighted by molar-refractivity contribution is -0.117. The first-order valence-electron chi connectivity index (χ1n) is 14.5. The molecular weight excluding hydrogens is 706 g/mol. The number of nitrogens with one attached hydrogen (secondary N) is 2. The number of aryl methyl sites for hydroxylation is 1. The zero-order valence-corrected chi connectivity index (χ0v) is 29.8. The van der Waals surface area contributed by atoms with Gasteiger partial charge in [-0.1, -0.05) is 40.9 Å². The zero-order valence-electron chi connectivity index (χ0n) is 26.7. The number of pyridine rings is 1. The van der Waals surface area contributed by atoms with Gasteiger partial charge in [0.15, 0.2) is 11.4 Å². The number of fused-ring (bicyclic) bond motifs is 1. The standard InChI is InChI=1S/C32H35Cl3N6O6.ClH/c1-20-29(35)41-12-6-9-26(30(41)37-20)47-19-23-24(33)10-11-25(28(23)34)39(2)27(42)18-36-32(44)38-22-8-5-7-21(17-22)31(43)40(13-15-45-3)14-16-46-4;/h5-12,17H,13-16,18-19H2,1-4H3,(H2,36,38,44);1H. The van der Waals surface area contributed by atoms with Crippen LogP contribution in [-0.4, -0.2) is 86.2 Å². The molecule has 48 heavy (non-hydrogen) atoms. The summed E-state index contributed by atoms with van der Waals surface area (Å²) in [7, 11) is 4.65. The molecule has 4 amide bonds. The van der Waals surface area contributed by atoms with Crippen LogP contribution in [0.25, 0.3) is 5.65 Å².